The molecule has 1 heterocycles. The number of carbonyl (C=O) groups excluding carboxylic acids is 1. The summed E-state index contributed by atoms with van der Waals surface area (Å²) in [6.07, 6.45) is 0. The van der Waals surface area contributed by atoms with Crippen LogP contribution >= 0.6 is 11.8 Å². The highest BCUT2D eigenvalue weighted by atomic mass is 32.2. The largest absolute Gasteiger partial charge is 0.336 e. The van der Waals surface area contributed by atoms with Crippen LogP contribution in [0.1, 0.15) is 28.6 Å². The third-order valence-electron chi connectivity index (χ3n) is 4.44. The van der Waals surface area contributed by atoms with E-state index in [4.69, 9.17) is 0 Å². The number of hydrogen-bond donors (Lipinski definition) is 1. The van der Waals surface area contributed by atoms with Crippen molar-refractivity contribution >= 4 is 17.7 Å². The van der Waals surface area contributed by atoms with Gasteiger partial charge in [0.05, 0.1) is 17.5 Å². The van der Waals surface area contributed by atoms with Crippen molar-refractivity contribution < 1.29 is 13.6 Å². The molecule has 1 aromatic heterocycles. The number of rotatable bonds is 6. The second-order valence-electron chi connectivity index (χ2n) is 6.74. The maximum absolute atomic E-state index is 13.9. The molecule has 9 heteroatoms. The molecule has 0 bridgehead atoms. The van der Waals surface area contributed by atoms with E-state index in [1.807, 2.05) is 49.6 Å². The average molecular weight is 427 g/mol. The van der Waals surface area contributed by atoms with Crippen molar-refractivity contribution in [3.05, 3.63) is 70.5 Å². The summed E-state index contributed by atoms with van der Waals surface area (Å²) in [5, 5.41) is 20.5. The minimum absolute atomic E-state index is 0.0516. The highest BCUT2D eigenvalue weighted by molar-refractivity contribution is 7.99. The molecule has 1 atom stereocenters. The summed E-state index contributed by atoms with van der Waals surface area (Å²) in [5.74, 6) is -1.50. The highest BCUT2D eigenvalue weighted by Crippen LogP contribution is 2.25. The summed E-state index contributed by atoms with van der Waals surface area (Å²) in [6.45, 7) is 5.78. The molecule has 0 fully saturated rings. The van der Waals surface area contributed by atoms with Crippen LogP contribution in [0.4, 0.5) is 8.78 Å². The molecule has 0 radical (unpaired) electrons. The molecule has 0 aliphatic heterocycles. The number of nitrogens with one attached hydrogen (secondary N) is 1. The minimum Gasteiger partial charge on any atom is -0.336 e. The molecule has 6 nitrogen and oxygen atoms in total. The monoisotopic (exact) mass is 427 g/mol. The molecule has 154 valence electrons. The Hall–Kier alpha value is -3.25. The van der Waals surface area contributed by atoms with Gasteiger partial charge in [-0.1, -0.05) is 30.0 Å². The molecule has 3 rings (SSSR count). The van der Waals surface area contributed by atoms with Crippen LogP contribution in [0.25, 0.3) is 5.69 Å². The molecule has 1 amide bonds. The van der Waals surface area contributed by atoms with E-state index in [0.717, 1.165) is 40.7 Å². The van der Waals surface area contributed by atoms with Gasteiger partial charge in [0.2, 0.25) is 5.91 Å². The van der Waals surface area contributed by atoms with Crippen LogP contribution < -0.4 is 5.32 Å². The number of halogens is 2. The van der Waals surface area contributed by atoms with Crippen LogP contribution in [-0.2, 0) is 4.79 Å². The first-order valence-corrected chi connectivity index (χ1v) is 10.0. The molecular formula is C21H19F2N5OS. The van der Waals surface area contributed by atoms with Gasteiger partial charge in [-0.3, -0.25) is 9.36 Å². The van der Waals surface area contributed by atoms with E-state index >= 15 is 0 Å². The molecular weight excluding hydrogens is 408 g/mol. The van der Waals surface area contributed by atoms with Crippen LogP contribution in [0.5, 0.6) is 0 Å². The van der Waals surface area contributed by atoms with Crippen molar-refractivity contribution in [3.8, 4) is 11.8 Å². The summed E-state index contributed by atoms with van der Waals surface area (Å²) in [6, 6.07) is 9.49. The second kappa shape index (κ2) is 9.05. The lowest BCUT2D eigenvalue weighted by Gasteiger charge is -2.14. The summed E-state index contributed by atoms with van der Waals surface area (Å²) in [5.41, 5.74) is 2.94. The normalized spacial score (nSPS) is 11.7. The van der Waals surface area contributed by atoms with Gasteiger partial charge in [0.1, 0.15) is 23.5 Å². The molecule has 0 aliphatic carbocycles. The fraction of sp³-hybridized carbons (Fsp3) is 0.238. The fourth-order valence-electron chi connectivity index (χ4n) is 2.92. The van der Waals surface area contributed by atoms with Crippen molar-refractivity contribution in [2.24, 2.45) is 0 Å². The maximum Gasteiger partial charge on any atom is 0.231 e. The zero-order valence-corrected chi connectivity index (χ0v) is 17.4. The summed E-state index contributed by atoms with van der Waals surface area (Å²) >= 11 is 1.15. The Morgan fingerprint density at radius 2 is 1.97 bits per heavy atom. The van der Waals surface area contributed by atoms with Gasteiger partial charge >= 0.3 is 0 Å². The van der Waals surface area contributed by atoms with Gasteiger partial charge in [-0.15, -0.1) is 10.2 Å². The molecule has 0 spiro atoms. The van der Waals surface area contributed by atoms with E-state index in [1.165, 1.54) is 0 Å². The third-order valence-corrected chi connectivity index (χ3v) is 5.37. The number of carbonyl (C=O) groups is 1. The van der Waals surface area contributed by atoms with E-state index in [9.17, 15) is 18.8 Å². The second-order valence-corrected chi connectivity index (χ2v) is 7.68. The van der Waals surface area contributed by atoms with E-state index in [2.05, 4.69) is 15.5 Å². The van der Waals surface area contributed by atoms with Crippen LogP contribution in [-0.4, -0.2) is 26.4 Å². The fourth-order valence-corrected chi connectivity index (χ4v) is 3.72. The SMILES string of the molecule is Cc1ccc(C)c(-n2c(C)nnc2SCC(=O)NC(C#N)c2ccc(F)cc2F)c1. The van der Waals surface area contributed by atoms with Crippen molar-refractivity contribution in [2.75, 3.05) is 5.75 Å². The number of nitriles is 1. The predicted octanol–water partition coefficient (Wildman–Crippen LogP) is 3.94. The Morgan fingerprint density at radius 3 is 2.67 bits per heavy atom. The first kappa shape index (κ1) is 21.5. The number of aromatic nitrogens is 3. The number of hydrogen-bond acceptors (Lipinski definition) is 5. The highest BCUT2D eigenvalue weighted by Gasteiger charge is 2.20. The van der Waals surface area contributed by atoms with Crippen LogP contribution in [0, 0.1) is 43.7 Å². The first-order chi connectivity index (χ1) is 14.3. The predicted molar refractivity (Wildman–Crippen MR) is 109 cm³/mol. The van der Waals surface area contributed by atoms with Gasteiger partial charge in [0, 0.05) is 11.6 Å². The lowest BCUT2D eigenvalue weighted by atomic mass is 10.1. The number of amides is 1. The van der Waals surface area contributed by atoms with Crippen molar-refractivity contribution in [1.29, 1.82) is 5.26 Å². The summed E-state index contributed by atoms with van der Waals surface area (Å²) < 4.78 is 28.9. The van der Waals surface area contributed by atoms with Crippen LogP contribution in [0.2, 0.25) is 0 Å². The van der Waals surface area contributed by atoms with Crippen LogP contribution in [0.15, 0.2) is 41.6 Å². The van der Waals surface area contributed by atoms with Gasteiger partial charge in [-0.25, -0.2) is 8.78 Å². The van der Waals surface area contributed by atoms with Crippen LogP contribution in [0.3, 0.4) is 0 Å². The number of thioether (sulfide) groups is 1. The van der Waals surface area contributed by atoms with E-state index in [-0.39, 0.29) is 11.3 Å². The Bertz CT molecular complexity index is 1140. The van der Waals surface area contributed by atoms with Gasteiger partial charge in [-0.05, 0) is 44.0 Å². The standard InChI is InChI=1S/C21H19F2N5OS/c1-12-4-5-13(2)19(8-12)28-14(3)26-27-21(28)30-11-20(29)25-18(10-24)16-7-6-15(22)9-17(16)23/h4-9,18H,11H2,1-3H3,(H,25,29). The number of benzene rings is 2. The molecule has 30 heavy (non-hydrogen) atoms. The lowest BCUT2D eigenvalue weighted by molar-refractivity contribution is -0.118. The van der Waals surface area contributed by atoms with E-state index in [1.54, 1.807) is 0 Å². The molecule has 0 saturated carbocycles. The summed E-state index contributed by atoms with van der Waals surface area (Å²) in [7, 11) is 0. The first-order valence-electron chi connectivity index (χ1n) is 9.06. The zero-order valence-electron chi connectivity index (χ0n) is 16.6. The van der Waals surface area contributed by atoms with Gasteiger partial charge < -0.3 is 5.32 Å². The smallest absolute Gasteiger partial charge is 0.231 e. The van der Waals surface area contributed by atoms with Gasteiger partial charge in [-0.2, -0.15) is 5.26 Å². The number of aryl methyl sites for hydroxylation is 3. The number of nitrogens with zero attached hydrogens (tertiary/aromatic N) is 4. The average Bonchev–Trinajstić information content (AvgIpc) is 3.07. The Morgan fingerprint density at radius 1 is 1.20 bits per heavy atom. The zero-order chi connectivity index (χ0) is 21.8. The Kier molecular flexibility index (Phi) is 6.47. The molecule has 1 N–H and O–H groups in total. The topological polar surface area (TPSA) is 83.6 Å². The summed E-state index contributed by atoms with van der Waals surface area (Å²) in [4.78, 5) is 12.4. The molecule has 0 saturated heterocycles. The quantitative estimate of drug-likeness (QED) is 0.603. The molecule has 3 aromatic rings. The Balaban J connectivity index is 1.74. The Labute approximate surface area is 176 Å². The molecule has 0 aliphatic rings. The van der Waals surface area contributed by atoms with Crippen molar-refractivity contribution in [1.82, 2.24) is 20.1 Å². The van der Waals surface area contributed by atoms with E-state index in [0.29, 0.717) is 17.0 Å². The molecule has 1 unspecified atom stereocenters. The van der Waals surface area contributed by atoms with Crippen molar-refractivity contribution in [3.63, 3.8) is 0 Å². The molecule has 2 aromatic carbocycles. The minimum atomic E-state index is -1.22. The van der Waals surface area contributed by atoms with E-state index < -0.39 is 23.6 Å². The maximum atomic E-state index is 13.9. The van der Waals surface area contributed by atoms with Crippen molar-refractivity contribution in [2.45, 2.75) is 32.0 Å². The van der Waals surface area contributed by atoms with Gasteiger partial charge in [0.25, 0.3) is 0 Å². The van der Waals surface area contributed by atoms with Gasteiger partial charge in [0.15, 0.2) is 5.16 Å². The third kappa shape index (κ3) is 4.66. The lowest BCUT2D eigenvalue weighted by Crippen LogP contribution is -2.29.